The molecule has 2 aromatic carbocycles. The van der Waals surface area contributed by atoms with E-state index in [-0.39, 0.29) is 25.2 Å². The van der Waals surface area contributed by atoms with Gasteiger partial charge in [0.05, 0.1) is 6.04 Å². The van der Waals surface area contributed by atoms with Crippen LogP contribution in [0.5, 0.6) is 5.75 Å². The zero-order chi connectivity index (χ0) is 19.3. The molecular formula is C23H25NO4. The highest BCUT2D eigenvalue weighted by Crippen LogP contribution is 2.29. The Hall–Kier alpha value is -2.82. The zero-order valence-electron chi connectivity index (χ0n) is 15.9. The fourth-order valence-electron chi connectivity index (χ4n) is 4.11. The monoisotopic (exact) mass is 379 g/mol. The standard InChI is InChI=1S/C23H25NO4/c25-22(24-21-10-4-7-17-5-1-2-9-20(17)21)14-28-23(26)15-27-19-12-11-16-6-3-8-18(16)13-19/h1-2,5,9,11-13,21H,3-4,6-8,10,14-15H2,(H,24,25). The Labute approximate surface area is 165 Å². The van der Waals surface area contributed by atoms with Crippen LogP contribution in [-0.2, 0) is 33.6 Å². The van der Waals surface area contributed by atoms with E-state index in [4.69, 9.17) is 9.47 Å². The van der Waals surface area contributed by atoms with Gasteiger partial charge in [0.15, 0.2) is 13.2 Å². The molecule has 146 valence electrons. The Bertz CT molecular complexity index is 877. The number of nitrogens with one attached hydrogen (secondary N) is 1. The van der Waals surface area contributed by atoms with E-state index >= 15 is 0 Å². The van der Waals surface area contributed by atoms with Crippen LogP contribution >= 0.6 is 0 Å². The summed E-state index contributed by atoms with van der Waals surface area (Å²) in [5.74, 6) is -0.159. The minimum Gasteiger partial charge on any atom is -0.482 e. The molecule has 0 aromatic heterocycles. The average molecular weight is 379 g/mol. The highest BCUT2D eigenvalue weighted by atomic mass is 16.6. The lowest BCUT2D eigenvalue weighted by Gasteiger charge is -2.26. The number of aryl methyl sites for hydroxylation is 3. The molecule has 1 N–H and O–H groups in total. The van der Waals surface area contributed by atoms with Crippen molar-refractivity contribution < 1.29 is 19.1 Å². The molecule has 0 bridgehead atoms. The number of carbonyl (C=O) groups excluding carboxylic acids is 2. The first-order valence-corrected chi connectivity index (χ1v) is 9.96. The Balaban J connectivity index is 1.22. The maximum atomic E-state index is 12.2. The van der Waals surface area contributed by atoms with Gasteiger partial charge in [0.2, 0.25) is 0 Å². The molecule has 1 amide bonds. The first-order chi connectivity index (χ1) is 13.7. The summed E-state index contributed by atoms with van der Waals surface area (Å²) in [4.78, 5) is 24.1. The largest absolute Gasteiger partial charge is 0.482 e. The van der Waals surface area contributed by atoms with E-state index < -0.39 is 5.97 Å². The number of amides is 1. The summed E-state index contributed by atoms with van der Waals surface area (Å²) in [6.45, 7) is -0.483. The second-order valence-corrected chi connectivity index (χ2v) is 7.44. The Morgan fingerprint density at radius 3 is 2.68 bits per heavy atom. The molecule has 1 unspecified atom stereocenters. The summed E-state index contributed by atoms with van der Waals surface area (Å²) >= 11 is 0. The van der Waals surface area contributed by atoms with Crippen molar-refractivity contribution in [1.82, 2.24) is 5.32 Å². The van der Waals surface area contributed by atoms with Crippen LogP contribution in [0.2, 0.25) is 0 Å². The van der Waals surface area contributed by atoms with Crippen LogP contribution in [-0.4, -0.2) is 25.1 Å². The molecule has 2 aliphatic carbocycles. The van der Waals surface area contributed by atoms with E-state index in [1.807, 2.05) is 24.3 Å². The normalized spacial score (nSPS) is 17.4. The number of benzene rings is 2. The SMILES string of the molecule is O=C(COC(=O)COc1ccc2c(c1)CCC2)NC1CCCc2ccccc21. The number of hydrogen-bond donors (Lipinski definition) is 1. The van der Waals surface area contributed by atoms with Gasteiger partial charge in [0, 0.05) is 0 Å². The third kappa shape index (κ3) is 4.35. The highest BCUT2D eigenvalue weighted by Gasteiger charge is 2.22. The van der Waals surface area contributed by atoms with Crippen molar-refractivity contribution >= 4 is 11.9 Å². The predicted octanol–water partition coefficient (Wildman–Crippen LogP) is 3.29. The first kappa shape index (κ1) is 18.5. The van der Waals surface area contributed by atoms with Crippen LogP contribution in [0.1, 0.15) is 47.6 Å². The summed E-state index contributed by atoms with van der Waals surface area (Å²) in [5, 5.41) is 2.98. The van der Waals surface area contributed by atoms with E-state index in [1.165, 1.54) is 23.1 Å². The van der Waals surface area contributed by atoms with Gasteiger partial charge >= 0.3 is 5.97 Å². The average Bonchev–Trinajstić information content (AvgIpc) is 3.19. The molecule has 28 heavy (non-hydrogen) atoms. The number of rotatable bonds is 6. The van der Waals surface area contributed by atoms with Gasteiger partial charge in [-0.25, -0.2) is 4.79 Å². The Kier molecular flexibility index (Phi) is 5.60. The van der Waals surface area contributed by atoms with Gasteiger partial charge in [-0.05, 0) is 72.9 Å². The molecule has 0 radical (unpaired) electrons. The van der Waals surface area contributed by atoms with Gasteiger partial charge in [-0.1, -0.05) is 30.3 Å². The number of fused-ring (bicyclic) bond motifs is 2. The fraction of sp³-hybridized carbons (Fsp3) is 0.391. The molecule has 5 nitrogen and oxygen atoms in total. The van der Waals surface area contributed by atoms with E-state index in [1.54, 1.807) is 0 Å². The van der Waals surface area contributed by atoms with E-state index in [2.05, 4.69) is 23.5 Å². The van der Waals surface area contributed by atoms with E-state index in [9.17, 15) is 9.59 Å². The lowest BCUT2D eigenvalue weighted by Crippen LogP contribution is -2.34. The summed E-state index contributed by atoms with van der Waals surface area (Å²) < 4.78 is 10.6. The van der Waals surface area contributed by atoms with Crippen LogP contribution in [0, 0.1) is 0 Å². The molecule has 2 aromatic rings. The van der Waals surface area contributed by atoms with Gasteiger partial charge in [-0.2, -0.15) is 0 Å². The lowest BCUT2D eigenvalue weighted by molar-refractivity contribution is -0.150. The summed E-state index contributed by atoms with van der Waals surface area (Å²) in [7, 11) is 0. The van der Waals surface area contributed by atoms with Crippen molar-refractivity contribution in [3.8, 4) is 5.75 Å². The van der Waals surface area contributed by atoms with Crippen LogP contribution < -0.4 is 10.1 Å². The van der Waals surface area contributed by atoms with Crippen molar-refractivity contribution in [3.63, 3.8) is 0 Å². The molecule has 0 fully saturated rings. The maximum absolute atomic E-state index is 12.2. The lowest BCUT2D eigenvalue weighted by atomic mass is 9.88. The molecule has 4 rings (SSSR count). The third-order valence-electron chi connectivity index (χ3n) is 5.50. The van der Waals surface area contributed by atoms with E-state index in [0.29, 0.717) is 5.75 Å². The molecule has 5 heteroatoms. The van der Waals surface area contributed by atoms with Crippen molar-refractivity contribution in [1.29, 1.82) is 0 Å². The highest BCUT2D eigenvalue weighted by molar-refractivity contribution is 5.81. The Morgan fingerprint density at radius 2 is 1.75 bits per heavy atom. The van der Waals surface area contributed by atoms with Gasteiger partial charge in [0.25, 0.3) is 5.91 Å². The zero-order valence-corrected chi connectivity index (χ0v) is 15.9. The minimum atomic E-state index is -0.542. The van der Waals surface area contributed by atoms with Gasteiger partial charge in [0.1, 0.15) is 5.75 Å². The summed E-state index contributed by atoms with van der Waals surface area (Å²) in [5.41, 5.74) is 5.08. The van der Waals surface area contributed by atoms with Crippen LogP contribution in [0.3, 0.4) is 0 Å². The second kappa shape index (κ2) is 8.46. The number of hydrogen-bond acceptors (Lipinski definition) is 4. The molecule has 0 saturated carbocycles. The van der Waals surface area contributed by atoms with Crippen molar-refractivity contribution in [3.05, 3.63) is 64.7 Å². The molecular weight excluding hydrogens is 354 g/mol. The molecule has 0 heterocycles. The van der Waals surface area contributed by atoms with Crippen molar-refractivity contribution in [2.75, 3.05) is 13.2 Å². The minimum absolute atomic E-state index is 0.0150. The quantitative estimate of drug-likeness (QED) is 0.783. The second-order valence-electron chi connectivity index (χ2n) is 7.44. The molecule has 2 aliphatic rings. The molecule has 1 atom stereocenters. The van der Waals surface area contributed by atoms with E-state index in [0.717, 1.165) is 37.7 Å². The molecule has 0 aliphatic heterocycles. The van der Waals surface area contributed by atoms with Crippen LogP contribution in [0.25, 0.3) is 0 Å². The smallest absolute Gasteiger partial charge is 0.344 e. The van der Waals surface area contributed by atoms with Crippen LogP contribution in [0.15, 0.2) is 42.5 Å². The topological polar surface area (TPSA) is 64.6 Å². The number of esters is 1. The fourth-order valence-corrected chi connectivity index (χ4v) is 4.11. The van der Waals surface area contributed by atoms with Gasteiger partial charge < -0.3 is 14.8 Å². The van der Waals surface area contributed by atoms with Crippen molar-refractivity contribution in [2.24, 2.45) is 0 Å². The number of carbonyl (C=O) groups is 2. The maximum Gasteiger partial charge on any atom is 0.344 e. The molecule has 0 saturated heterocycles. The summed E-state index contributed by atoms with van der Waals surface area (Å²) in [6, 6.07) is 14.1. The summed E-state index contributed by atoms with van der Waals surface area (Å²) in [6.07, 6.45) is 6.31. The van der Waals surface area contributed by atoms with Gasteiger partial charge in [-0.15, -0.1) is 0 Å². The molecule has 0 spiro atoms. The van der Waals surface area contributed by atoms with Crippen LogP contribution in [0.4, 0.5) is 0 Å². The third-order valence-corrected chi connectivity index (χ3v) is 5.50. The van der Waals surface area contributed by atoms with Crippen molar-refractivity contribution in [2.45, 2.75) is 44.6 Å². The Morgan fingerprint density at radius 1 is 0.929 bits per heavy atom. The van der Waals surface area contributed by atoms with Gasteiger partial charge in [-0.3, -0.25) is 4.79 Å². The first-order valence-electron chi connectivity index (χ1n) is 9.96. The number of ether oxygens (including phenoxy) is 2. The predicted molar refractivity (Wildman–Crippen MR) is 105 cm³/mol.